The lowest BCUT2D eigenvalue weighted by molar-refractivity contribution is -0.136. The molecule has 0 saturated carbocycles. The average molecular weight is 720 g/mol. The number of amides is 4. The zero-order valence-corrected chi connectivity index (χ0v) is 28.5. The van der Waals surface area contributed by atoms with E-state index in [4.69, 9.17) is 46.4 Å². The van der Waals surface area contributed by atoms with Crippen molar-refractivity contribution in [3.8, 4) is 0 Å². The first-order valence-corrected chi connectivity index (χ1v) is 16.8. The summed E-state index contributed by atoms with van der Waals surface area (Å²) >= 11 is 25.0. The average Bonchev–Trinajstić information content (AvgIpc) is 3.72. The highest BCUT2D eigenvalue weighted by molar-refractivity contribution is 6.43. The third-order valence-corrected chi connectivity index (χ3v) is 11.4. The predicted octanol–water partition coefficient (Wildman–Crippen LogP) is 7.36. The molecule has 4 fully saturated rings. The number of benzene rings is 4. The molecule has 4 heterocycles. The van der Waals surface area contributed by atoms with E-state index in [1.54, 1.807) is 24.3 Å². The van der Waals surface area contributed by atoms with E-state index >= 15 is 0 Å². The lowest BCUT2D eigenvalue weighted by Gasteiger charge is -2.35. The van der Waals surface area contributed by atoms with Crippen molar-refractivity contribution in [2.75, 3.05) is 9.80 Å². The number of aryl methyl sites for hydroxylation is 2. The van der Waals surface area contributed by atoms with Gasteiger partial charge < -0.3 is 0 Å². The number of hydrogen-bond acceptors (Lipinski definition) is 6. The highest BCUT2D eigenvalue weighted by atomic mass is 35.5. The Hall–Kier alpha value is -3.76. The summed E-state index contributed by atoms with van der Waals surface area (Å²) in [5.74, 6) is -3.60. The SMILES string of the molecule is Cc1ccc([C@@H]2[C@@H]3C(=O)N(c4ccc(Cl)c(Cl)c4)C(=O)[C@@H]3N3[C@H](c4ccc(C)cc4)[C@H]4C(=O)N(c5ccc(Cl)c(Cl)c5)C(=O)[C@@H]4N23)cc1. The molecule has 0 spiro atoms. The van der Waals surface area contributed by atoms with E-state index in [9.17, 15) is 19.2 Å². The Labute approximate surface area is 296 Å². The smallest absolute Gasteiger partial charge is 0.253 e. The van der Waals surface area contributed by atoms with Crippen LogP contribution in [-0.4, -0.2) is 45.7 Å². The maximum absolute atomic E-state index is 14.6. The minimum Gasteiger partial charge on any atom is -0.274 e. The van der Waals surface area contributed by atoms with Gasteiger partial charge in [0.2, 0.25) is 11.8 Å². The summed E-state index contributed by atoms with van der Waals surface area (Å²) < 4.78 is 0. The van der Waals surface area contributed by atoms with Gasteiger partial charge in [-0.2, -0.15) is 0 Å². The Morgan fingerprint density at radius 3 is 1.12 bits per heavy atom. The highest BCUT2D eigenvalue weighted by Crippen LogP contribution is 2.60. The lowest BCUT2D eigenvalue weighted by atomic mass is 9.84. The number of carbonyl (C=O) groups is 4. The topological polar surface area (TPSA) is 81.2 Å². The van der Waals surface area contributed by atoms with Crippen LogP contribution >= 0.6 is 46.4 Å². The number of imide groups is 2. The van der Waals surface area contributed by atoms with Gasteiger partial charge in [0.05, 0.1) is 55.4 Å². The Morgan fingerprint density at radius 2 is 0.792 bits per heavy atom. The molecule has 8 nitrogen and oxygen atoms in total. The monoisotopic (exact) mass is 718 g/mol. The van der Waals surface area contributed by atoms with Crippen LogP contribution in [0.2, 0.25) is 20.1 Å². The fourth-order valence-corrected chi connectivity index (χ4v) is 8.37. The second-order valence-corrected chi connectivity index (χ2v) is 14.3. The maximum Gasteiger partial charge on any atom is 0.253 e. The quantitative estimate of drug-likeness (QED) is 0.205. The van der Waals surface area contributed by atoms with E-state index in [1.165, 1.54) is 12.1 Å². The molecule has 4 aromatic carbocycles. The Kier molecular flexibility index (Phi) is 7.49. The Balaban J connectivity index is 1.33. The molecule has 4 amide bonds. The summed E-state index contributed by atoms with van der Waals surface area (Å²) in [6.45, 7) is 3.91. The molecule has 4 aliphatic heterocycles. The van der Waals surface area contributed by atoms with E-state index < -0.39 is 59.6 Å². The van der Waals surface area contributed by atoms with Crippen LogP contribution in [0, 0.1) is 25.7 Å². The summed E-state index contributed by atoms with van der Waals surface area (Å²) in [7, 11) is 0. The molecule has 48 heavy (non-hydrogen) atoms. The van der Waals surface area contributed by atoms with Crippen LogP contribution in [0.1, 0.15) is 34.3 Å². The molecular formula is C36H26Cl4N4O4. The molecule has 0 aromatic heterocycles. The van der Waals surface area contributed by atoms with Gasteiger partial charge in [-0.1, -0.05) is 106 Å². The van der Waals surface area contributed by atoms with Crippen LogP contribution in [0.25, 0.3) is 0 Å². The van der Waals surface area contributed by atoms with E-state index in [-0.39, 0.29) is 10.0 Å². The molecule has 8 rings (SSSR count). The minimum absolute atomic E-state index is 0.204. The molecule has 0 unspecified atom stereocenters. The van der Waals surface area contributed by atoms with Crippen LogP contribution in [0.15, 0.2) is 84.9 Å². The van der Waals surface area contributed by atoms with Crippen LogP contribution in [0.4, 0.5) is 11.4 Å². The number of nitrogens with zero attached hydrogens (tertiary/aromatic N) is 4. The number of anilines is 2. The third kappa shape index (κ3) is 4.51. The second kappa shape index (κ2) is 11.4. The van der Waals surface area contributed by atoms with Gasteiger partial charge in [0.1, 0.15) is 12.1 Å². The zero-order chi connectivity index (χ0) is 33.8. The van der Waals surface area contributed by atoms with Crippen molar-refractivity contribution in [3.63, 3.8) is 0 Å². The van der Waals surface area contributed by atoms with Gasteiger partial charge in [0, 0.05) is 0 Å². The fourth-order valence-electron chi connectivity index (χ4n) is 7.78. The van der Waals surface area contributed by atoms with Crippen molar-refractivity contribution in [2.45, 2.75) is 38.0 Å². The van der Waals surface area contributed by atoms with Gasteiger partial charge in [-0.3, -0.25) is 19.2 Å². The largest absolute Gasteiger partial charge is 0.274 e. The minimum atomic E-state index is -1.01. The van der Waals surface area contributed by atoms with Gasteiger partial charge in [-0.05, 0) is 61.4 Å². The molecule has 12 heteroatoms. The van der Waals surface area contributed by atoms with E-state index in [2.05, 4.69) is 0 Å². The number of carbonyl (C=O) groups excluding carboxylic acids is 4. The first-order chi connectivity index (χ1) is 23.0. The van der Waals surface area contributed by atoms with E-state index in [0.29, 0.717) is 21.4 Å². The molecule has 0 radical (unpaired) electrons. The van der Waals surface area contributed by atoms with Crippen LogP contribution < -0.4 is 9.80 Å². The number of hydrogen-bond donors (Lipinski definition) is 0. The van der Waals surface area contributed by atoms with Crippen molar-refractivity contribution < 1.29 is 19.2 Å². The lowest BCUT2D eigenvalue weighted by Crippen LogP contribution is -2.50. The summed E-state index contributed by atoms with van der Waals surface area (Å²) in [5, 5.41) is 4.65. The van der Waals surface area contributed by atoms with Crippen LogP contribution in [0.5, 0.6) is 0 Å². The Bertz CT molecular complexity index is 1910. The standard InChI is InChI=1S/C36H26Cl4N4O4/c1-17-3-7-19(8-4-17)29-27-31(35(47)41(33(27)45)21-11-13-23(37)25(39)15-21)44-30(20-9-5-18(2)6-10-20)28-32(43(29)44)36(48)42(34(28)46)22-12-14-24(38)26(40)16-22/h3-16,27-32H,1-2H3/t27-,28+,29-,30-,31-,32-/m1/s1. The van der Waals surface area contributed by atoms with Crippen molar-refractivity contribution in [1.29, 1.82) is 0 Å². The van der Waals surface area contributed by atoms with Gasteiger partial charge in [-0.15, -0.1) is 0 Å². The number of fused-ring (bicyclic) bond motifs is 5. The molecule has 0 bridgehead atoms. The first-order valence-electron chi connectivity index (χ1n) is 15.3. The van der Waals surface area contributed by atoms with Gasteiger partial charge in [0.25, 0.3) is 11.8 Å². The van der Waals surface area contributed by atoms with Crippen molar-refractivity contribution in [3.05, 3.63) is 127 Å². The molecule has 4 aromatic rings. The number of hydrazine groups is 1. The van der Waals surface area contributed by atoms with Crippen molar-refractivity contribution in [2.24, 2.45) is 11.8 Å². The normalized spacial score (nSPS) is 26.9. The fraction of sp³-hybridized carbons (Fsp3) is 0.222. The first kappa shape index (κ1) is 31.5. The number of rotatable bonds is 4. The summed E-state index contributed by atoms with van der Waals surface area (Å²) in [6.07, 6.45) is 0. The molecule has 242 valence electrons. The second-order valence-electron chi connectivity index (χ2n) is 12.6. The molecule has 4 aliphatic rings. The van der Waals surface area contributed by atoms with Gasteiger partial charge in [0.15, 0.2) is 0 Å². The molecule has 6 atom stereocenters. The molecule has 0 aliphatic carbocycles. The van der Waals surface area contributed by atoms with Crippen molar-refractivity contribution >= 4 is 81.4 Å². The highest BCUT2D eigenvalue weighted by Gasteiger charge is 2.73. The third-order valence-electron chi connectivity index (χ3n) is 9.89. The van der Waals surface area contributed by atoms with Crippen LogP contribution in [-0.2, 0) is 19.2 Å². The van der Waals surface area contributed by atoms with E-state index in [1.807, 2.05) is 72.4 Å². The Morgan fingerprint density at radius 1 is 0.438 bits per heavy atom. The van der Waals surface area contributed by atoms with Crippen LogP contribution in [0.3, 0.4) is 0 Å². The summed E-state index contributed by atoms with van der Waals surface area (Å²) in [4.78, 5) is 60.6. The van der Waals surface area contributed by atoms with Gasteiger partial charge >= 0.3 is 0 Å². The van der Waals surface area contributed by atoms with Crippen molar-refractivity contribution in [1.82, 2.24) is 10.0 Å². The molecular weight excluding hydrogens is 694 g/mol. The van der Waals surface area contributed by atoms with Gasteiger partial charge in [-0.25, -0.2) is 19.8 Å². The molecule has 4 saturated heterocycles. The maximum atomic E-state index is 14.6. The molecule has 0 N–H and O–H groups in total. The van der Waals surface area contributed by atoms with E-state index in [0.717, 1.165) is 32.1 Å². The zero-order valence-electron chi connectivity index (χ0n) is 25.5. The number of halogens is 4. The predicted molar refractivity (Wildman–Crippen MR) is 184 cm³/mol. The summed E-state index contributed by atoms with van der Waals surface area (Å²) in [5.41, 5.74) is 4.09. The summed E-state index contributed by atoms with van der Waals surface area (Å²) in [6, 6.07) is 21.1.